The highest BCUT2D eigenvalue weighted by Crippen LogP contribution is 2.25. The molecule has 37 heavy (non-hydrogen) atoms. The third kappa shape index (κ3) is 13.4. The SMILES string of the molecule is CCCCCCCCN(CC)C1CCOCCC(N(CC)CCCCCCCC)Oc2cccc(c2)O1. The monoisotopic (exact) mass is 518 g/mol. The molecule has 2 rings (SSSR count). The van der Waals surface area contributed by atoms with Crippen molar-refractivity contribution in [3.8, 4) is 11.5 Å². The molecular formula is C32H58N2O3. The summed E-state index contributed by atoms with van der Waals surface area (Å²) in [6.45, 7) is 14.6. The summed E-state index contributed by atoms with van der Waals surface area (Å²) in [5.41, 5.74) is 0. The van der Waals surface area contributed by atoms with E-state index >= 15 is 0 Å². The van der Waals surface area contributed by atoms with Crippen LogP contribution in [0.2, 0.25) is 0 Å². The van der Waals surface area contributed by atoms with E-state index in [0.717, 1.165) is 50.5 Å². The van der Waals surface area contributed by atoms with Crippen molar-refractivity contribution in [1.29, 1.82) is 0 Å². The molecule has 214 valence electrons. The van der Waals surface area contributed by atoms with Crippen LogP contribution in [0.1, 0.15) is 118 Å². The smallest absolute Gasteiger partial charge is 0.154 e. The van der Waals surface area contributed by atoms with Crippen molar-refractivity contribution in [2.24, 2.45) is 0 Å². The van der Waals surface area contributed by atoms with Gasteiger partial charge in [0.05, 0.1) is 13.2 Å². The predicted molar refractivity (Wildman–Crippen MR) is 157 cm³/mol. The summed E-state index contributed by atoms with van der Waals surface area (Å²) in [6, 6.07) is 8.27. The maximum Gasteiger partial charge on any atom is 0.154 e. The topological polar surface area (TPSA) is 34.2 Å². The highest BCUT2D eigenvalue weighted by molar-refractivity contribution is 5.33. The van der Waals surface area contributed by atoms with Gasteiger partial charge in [0.1, 0.15) is 11.5 Å². The van der Waals surface area contributed by atoms with Crippen LogP contribution >= 0.6 is 0 Å². The van der Waals surface area contributed by atoms with E-state index in [9.17, 15) is 0 Å². The Balaban J connectivity index is 1.97. The van der Waals surface area contributed by atoms with Gasteiger partial charge in [0.2, 0.25) is 0 Å². The Labute approximate surface area is 229 Å². The van der Waals surface area contributed by atoms with Crippen molar-refractivity contribution in [2.75, 3.05) is 39.4 Å². The fraction of sp³-hybridized carbons (Fsp3) is 0.812. The molecule has 0 saturated heterocycles. The Bertz CT molecular complexity index is 620. The van der Waals surface area contributed by atoms with Gasteiger partial charge in [-0.2, -0.15) is 0 Å². The molecule has 1 aromatic rings. The molecule has 5 heteroatoms. The summed E-state index contributed by atoms with van der Waals surface area (Å²) in [4.78, 5) is 4.95. The molecule has 1 aromatic carbocycles. The van der Waals surface area contributed by atoms with Gasteiger partial charge < -0.3 is 14.2 Å². The lowest BCUT2D eigenvalue weighted by molar-refractivity contribution is -0.0260. The van der Waals surface area contributed by atoms with Crippen molar-refractivity contribution in [2.45, 2.75) is 130 Å². The van der Waals surface area contributed by atoms with E-state index in [1.54, 1.807) is 0 Å². The molecule has 0 fully saturated rings. The minimum absolute atomic E-state index is 0.0333. The van der Waals surface area contributed by atoms with E-state index in [-0.39, 0.29) is 12.5 Å². The van der Waals surface area contributed by atoms with Crippen LogP contribution in [0.25, 0.3) is 0 Å². The number of unbranched alkanes of at least 4 members (excludes halogenated alkanes) is 10. The van der Waals surface area contributed by atoms with Crippen LogP contribution in [0.4, 0.5) is 0 Å². The first-order valence-electron chi connectivity index (χ1n) is 15.7. The maximum absolute atomic E-state index is 6.56. The summed E-state index contributed by atoms with van der Waals surface area (Å²) >= 11 is 0. The highest BCUT2D eigenvalue weighted by Gasteiger charge is 2.22. The van der Waals surface area contributed by atoms with E-state index < -0.39 is 0 Å². The number of rotatable bonds is 18. The van der Waals surface area contributed by atoms with E-state index in [2.05, 4.69) is 61.8 Å². The molecule has 0 aliphatic carbocycles. The predicted octanol–water partition coefficient (Wildman–Crippen LogP) is 8.27. The zero-order chi connectivity index (χ0) is 26.6. The van der Waals surface area contributed by atoms with Gasteiger partial charge in [0.15, 0.2) is 12.5 Å². The van der Waals surface area contributed by atoms with Crippen LogP contribution in [0.15, 0.2) is 24.3 Å². The van der Waals surface area contributed by atoms with Crippen LogP contribution in [0.3, 0.4) is 0 Å². The number of ether oxygens (including phenoxy) is 3. The molecule has 2 unspecified atom stereocenters. The van der Waals surface area contributed by atoms with Crippen molar-refractivity contribution in [3.05, 3.63) is 24.3 Å². The van der Waals surface area contributed by atoms with Crippen molar-refractivity contribution in [3.63, 3.8) is 0 Å². The zero-order valence-corrected chi connectivity index (χ0v) is 24.7. The Morgan fingerprint density at radius 1 is 0.622 bits per heavy atom. The van der Waals surface area contributed by atoms with Crippen LogP contribution in [0.5, 0.6) is 11.5 Å². The Kier molecular flexibility index (Phi) is 17.8. The molecule has 0 saturated carbocycles. The largest absolute Gasteiger partial charge is 0.475 e. The molecule has 0 N–H and O–H groups in total. The quantitative estimate of drug-likeness (QED) is 0.183. The summed E-state index contributed by atoms with van der Waals surface area (Å²) in [6.07, 6.45) is 17.6. The molecule has 0 amide bonds. The molecular weight excluding hydrogens is 460 g/mol. The lowest BCUT2D eigenvalue weighted by atomic mass is 10.1. The second-order valence-electron chi connectivity index (χ2n) is 10.6. The van der Waals surface area contributed by atoms with E-state index in [4.69, 9.17) is 14.2 Å². The second-order valence-corrected chi connectivity index (χ2v) is 10.6. The lowest BCUT2D eigenvalue weighted by Crippen LogP contribution is -2.42. The Morgan fingerprint density at radius 2 is 1.05 bits per heavy atom. The second kappa shape index (κ2) is 20.6. The number of hydrogen-bond donors (Lipinski definition) is 0. The van der Waals surface area contributed by atoms with Crippen LogP contribution in [-0.4, -0.2) is 61.6 Å². The lowest BCUT2D eigenvalue weighted by Gasteiger charge is -2.33. The Hall–Kier alpha value is -1.30. The summed E-state index contributed by atoms with van der Waals surface area (Å²) < 4.78 is 19.3. The molecule has 0 spiro atoms. The van der Waals surface area contributed by atoms with Gasteiger partial charge in [0, 0.05) is 32.0 Å². The standard InChI is InChI=1S/C32H58N2O3/c1-5-9-11-13-15-17-24-33(7-3)31-22-26-35-27-23-32(37-30-21-19-20-29(28-30)36-31)34(8-4)25-18-16-14-12-10-6-2/h19-21,28,31-32H,5-18,22-27H2,1-4H3. The first-order valence-corrected chi connectivity index (χ1v) is 15.7. The van der Waals surface area contributed by atoms with Crippen LogP contribution < -0.4 is 9.47 Å². The zero-order valence-electron chi connectivity index (χ0n) is 24.7. The molecule has 0 radical (unpaired) electrons. The third-order valence-corrected chi connectivity index (χ3v) is 7.59. The molecule has 5 nitrogen and oxygen atoms in total. The molecule has 2 bridgehead atoms. The number of nitrogens with zero attached hydrogens (tertiary/aromatic N) is 2. The van der Waals surface area contributed by atoms with Gasteiger partial charge in [-0.15, -0.1) is 0 Å². The van der Waals surface area contributed by atoms with Crippen LogP contribution in [-0.2, 0) is 4.74 Å². The van der Waals surface area contributed by atoms with Gasteiger partial charge in [0.25, 0.3) is 0 Å². The number of benzene rings is 1. The first kappa shape index (κ1) is 31.9. The summed E-state index contributed by atoms with van der Waals surface area (Å²) in [5.74, 6) is 1.78. The molecule has 1 aliphatic rings. The van der Waals surface area contributed by atoms with E-state index in [1.807, 2.05) is 0 Å². The minimum atomic E-state index is 0.0333. The molecule has 1 aliphatic heterocycles. The molecule has 1 heterocycles. The van der Waals surface area contributed by atoms with Crippen molar-refractivity contribution < 1.29 is 14.2 Å². The highest BCUT2D eigenvalue weighted by atomic mass is 16.5. The average Bonchev–Trinajstić information content (AvgIpc) is 2.91. The Morgan fingerprint density at radius 3 is 1.49 bits per heavy atom. The van der Waals surface area contributed by atoms with Crippen molar-refractivity contribution >= 4 is 0 Å². The van der Waals surface area contributed by atoms with Gasteiger partial charge in [-0.25, -0.2) is 0 Å². The first-order chi connectivity index (χ1) is 18.2. The molecule has 0 aromatic heterocycles. The van der Waals surface area contributed by atoms with Gasteiger partial charge in [-0.1, -0.05) is 98.0 Å². The molecule has 2 atom stereocenters. The third-order valence-electron chi connectivity index (χ3n) is 7.59. The fourth-order valence-corrected chi connectivity index (χ4v) is 5.24. The van der Waals surface area contributed by atoms with Gasteiger partial charge in [-0.05, 0) is 38.1 Å². The number of hydrogen-bond acceptors (Lipinski definition) is 5. The summed E-state index contributed by atoms with van der Waals surface area (Å²) in [5, 5.41) is 0. The average molecular weight is 519 g/mol. The normalized spacial score (nSPS) is 18.8. The fourth-order valence-electron chi connectivity index (χ4n) is 5.24. The maximum atomic E-state index is 6.56. The number of fused-ring (bicyclic) bond motifs is 2. The van der Waals surface area contributed by atoms with Crippen molar-refractivity contribution in [1.82, 2.24) is 9.80 Å². The van der Waals surface area contributed by atoms with Gasteiger partial charge >= 0.3 is 0 Å². The van der Waals surface area contributed by atoms with E-state index in [0.29, 0.717) is 13.2 Å². The van der Waals surface area contributed by atoms with Gasteiger partial charge in [-0.3, -0.25) is 9.80 Å². The van der Waals surface area contributed by atoms with E-state index in [1.165, 1.54) is 77.0 Å². The summed E-state index contributed by atoms with van der Waals surface area (Å²) in [7, 11) is 0. The minimum Gasteiger partial charge on any atom is -0.475 e. The van der Waals surface area contributed by atoms with Crippen LogP contribution in [0, 0.1) is 0 Å².